The van der Waals surface area contributed by atoms with Crippen molar-refractivity contribution in [2.45, 2.75) is 31.8 Å². The molecular weight excluding hydrogens is 416 g/mol. The summed E-state index contributed by atoms with van der Waals surface area (Å²) >= 11 is 1.44. The molecule has 1 atom stereocenters. The van der Waals surface area contributed by atoms with E-state index in [1.165, 1.54) is 11.3 Å². The first kappa shape index (κ1) is 21.1. The number of hydrogen-bond acceptors (Lipinski definition) is 6. The number of likely N-dealkylation sites (tertiary alicyclic amines) is 2. The number of rotatable bonds is 4. The fourth-order valence-electron chi connectivity index (χ4n) is 4.25. The predicted molar refractivity (Wildman–Crippen MR) is 117 cm³/mol. The van der Waals surface area contributed by atoms with E-state index in [9.17, 15) is 19.5 Å². The van der Waals surface area contributed by atoms with E-state index in [4.69, 9.17) is 4.74 Å². The summed E-state index contributed by atoms with van der Waals surface area (Å²) in [7, 11) is 0. The minimum absolute atomic E-state index is 0.117. The zero-order valence-electron chi connectivity index (χ0n) is 17.2. The number of piperidine rings is 1. The highest BCUT2D eigenvalue weighted by molar-refractivity contribution is 7.10. The summed E-state index contributed by atoms with van der Waals surface area (Å²) in [6.45, 7) is 2.97. The Labute approximate surface area is 184 Å². The zero-order valence-corrected chi connectivity index (χ0v) is 18.0. The molecule has 0 radical (unpaired) electrons. The lowest BCUT2D eigenvalue weighted by Gasteiger charge is -2.38. The van der Waals surface area contributed by atoms with E-state index >= 15 is 0 Å². The van der Waals surface area contributed by atoms with Crippen molar-refractivity contribution in [3.8, 4) is 0 Å². The molecule has 0 spiro atoms. The second-order valence-electron chi connectivity index (χ2n) is 7.50. The number of aliphatic hydroxyl groups excluding tert-OH is 1. The summed E-state index contributed by atoms with van der Waals surface area (Å²) in [6.07, 6.45) is 0.722. The molecule has 8 heteroatoms. The summed E-state index contributed by atoms with van der Waals surface area (Å²) in [6, 6.07) is 11.7. The molecule has 2 amide bonds. The Balaban J connectivity index is 1.68. The van der Waals surface area contributed by atoms with Crippen LogP contribution in [0.2, 0.25) is 0 Å². The van der Waals surface area contributed by atoms with Crippen LogP contribution in [0.3, 0.4) is 0 Å². The number of aliphatic hydroxyl groups is 1. The molecule has 2 aromatic rings. The number of benzene rings is 1. The van der Waals surface area contributed by atoms with Gasteiger partial charge in [-0.1, -0.05) is 36.4 Å². The van der Waals surface area contributed by atoms with E-state index in [-0.39, 0.29) is 23.5 Å². The molecule has 7 nitrogen and oxygen atoms in total. The molecule has 1 N–H and O–H groups in total. The lowest BCUT2D eigenvalue weighted by Crippen LogP contribution is -2.48. The fourth-order valence-corrected chi connectivity index (χ4v) is 5.08. The molecule has 1 aromatic heterocycles. The van der Waals surface area contributed by atoms with Gasteiger partial charge in [-0.2, -0.15) is 0 Å². The molecule has 162 valence electrons. The van der Waals surface area contributed by atoms with Crippen molar-refractivity contribution in [2.75, 3.05) is 19.7 Å². The lowest BCUT2D eigenvalue weighted by atomic mass is 9.98. The van der Waals surface area contributed by atoms with E-state index in [2.05, 4.69) is 0 Å². The van der Waals surface area contributed by atoms with Crippen molar-refractivity contribution in [3.05, 3.63) is 63.9 Å². The normalized spacial score (nSPS) is 21.5. The molecule has 0 saturated carbocycles. The Bertz CT molecular complexity index is 994. The maximum atomic E-state index is 13.1. The van der Waals surface area contributed by atoms with Gasteiger partial charge in [-0.15, -0.1) is 11.3 Å². The summed E-state index contributed by atoms with van der Waals surface area (Å²) < 4.78 is 5.07. The molecule has 1 aromatic carbocycles. The largest absolute Gasteiger partial charge is 0.507 e. The molecule has 2 saturated heterocycles. The van der Waals surface area contributed by atoms with Crippen LogP contribution in [0.5, 0.6) is 0 Å². The summed E-state index contributed by atoms with van der Waals surface area (Å²) in [5.74, 6) is -1.44. The Hall–Kier alpha value is -3.13. The van der Waals surface area contributed by atoms with Crippen LogP contribution in [-0.4, -0.2) is 58.4 Å². The maximum absolute atomic E-state index is 13.1. The van der Waals surface area contributed by atoms with Gasteiger partial charge in [-0.25, -0.2) is 4.79 Å². The van der Waals surface area contributed by atoms with Gasteiger partial charge in [0.1, 0.15) is 5.76 Å². The Morgan fingerprint density at radius 2 is 1.84 bits per heavy atom. The monoisotopic (exact) mass is 440 g/mol. The van der Waals surface area contributed by atoms with Crippen LogP contribution in [0.4, 0.5) is 4.79 Å². The van der Waals surface area contributed by atoms with Crippen molar-refractivity contribution < 1.29 is 24.2 Å². The average molecular weight is 441 g/mol. The average Bonchev–Trinajstić information content (AvgIpc) is 3.41. The van der Waals surface area contributed by atoms with Crippen LogP contribution in [0, 0.1) is 0 Å². The van der Waals surface area contributed by atoms with Crippen LogP contribution >= 0.6 is 11.3 Å². The highest BCUT2D eigenvalue weighted by atomic mass is 32.1. The standard InChI is InChI=1S/C23H24N2O5S/c1-2-30-23(29)24-12-10-16(11-13-24)25-19(17-9-6-14-31-17)18(21(27)22(25)28)20(26)15-7-4-3-5-8-15/h3-9,14,16,19,26H,2,10-13H2,1H3/b20-18-. The first-order chi connectivity index (χ1) is 15.0. The number of amides is 2. The Morgan fingerprint density at radius 3 is 2.45 bits per heavy atom. The van der Waals surface area contributed by atoms with Gasteiger partial charge < -0.3 is 19.6 Å². The molecule has 0 bridgehead atoms. The molecule has 2 aliphatic rings. The first-order valence-electron chi connectivity index (χ1n) is 10.3. The van der Waals surface area contributed by atoms with Crippen molar-refractivity contribution in [3.63, 3.8) is 0 Å². The van der Waals surface area contributed by atoms with Crippen LogP contribution in [-0.2, 0) is 14.3 Å². The van der Waals surface area contributed by atoms with Gasteiger partial charge in [-0.3, -0.25) is 9.59 Å². The zero-order chi connectivity index (χ0) is 22.0. The summed E-state index contributed by atoms with van der Waals surface area (Å²) in [5, 5.41) is 12.9. The smallest absolute Gasteiger partial charge is 0.409 e. The number of carbonyl (C=O) groups is 3. The molecule has 3 heterocycles. The van der Waals surface area contributed by atoms with Crippen molar-refractivity contribution in [1.29, 1.82) is 0 Å². The predicted octanol–water partition coefficient (Wildman–Crippen LogP) is 3.79. The highest BCUT2D eigenvalue weighted by Gasteiger charge is 2.49. The highest BCUT2D eigenvalue weighted by Crippen LogP contribution is 2.43. The first-order valence-corrected chi connectivity index (χ1v) is 11.2. The number of ketones is 1. The van der Waals surface area contributed by atoms with E-state index < -0.39 is 17.7 Å². The van der Waals surface area contributed by atoms with Gasteiger partial charge >= 0.3 is 6.09 Å². The van der Waals surface area contributed by atoms with Crippen LogP contribution in [0.15, 0.2) is 53.4 Å². The van der Waals surface area contributed by atoms with E-state index in [0.29, 0.717) is 38.1 Å². The molecule has 2 aliphatic heterocycles. The second-order valence-corrected chi connectivity index (χ2v) is 8.48. The van der Waals surface area contributed by atoms with Gasteiger partial charge in [0.15, 0.2) is 0 Å². The van der Waals surface area contributed by atoms with Gasteiger partial charge in [0.2, 0.25) is 0 Å². The molecule has 31 heavy (non-hydrogen) atoms. The minimum Gasteiger partial charge on any atom is -0.507 e. The second kappa shape index (κ2) is 8.93. The van der Waals surface area contributed by atoms with Crippen LogP contribution in [0.1, 0.15) is 36.2 Å². The molecule has 2 fully saturated rings. The number of hydrogen-bond donors (Lipinski definition) is 1. The van der Waals surface area contributed by atoms with Crippen molar-refractivity contribution in [2.24, 2.45) is 0 Å². The van der Waals surface area contributed by atoms with E-state index in [0.717, 1.165) is 4.88 Å². The maximum Gasteiger partial charge on any atom is 0.409 e. The van der Waals surface area contributed by atoms with Gasteiger partial charge in [-0.05, 0) is 31.2 Å². The number of thiophene rings is 1. The van der Waals surface area contributed by atoms with Crippen LogP contribution in [0.25, 0.3) is 5.76 Å². The lowest BCUT2D eigenvalue weighted by molar-refractivity contribution is -0.142. The SMILES string of the molecule is CCOC(=O)N1CCC(N2C(=O)C(=O)/C(=C(\O)c3ccccc3)C2c2cccs2)CC1. The summed E-state index contributed by atoms with van der Waals surface area (Å²) in [5.41, 5.74) is 0.616. The minimum atomic E-state index is -0.674. The Kier molecular flexibility index (Phi) is 6.08. The molecule has 1 unspecified atom stereocenters. The van der Waals surface area contributed by atoms with Gasteiger partial charge in [0.25, 0.3) is 11.7 Å². The van der Waals surface area contributed by atoms with Crippen molar-refractivity contribution >= 4 is 34.9 Å². The molecular formula is C23H24N2O5S. The topological polar surface area (TPSA) is 87.2 Å². The third-order valence-corrected chi connectivity index (χ3v) is 6.65. The molecule has 0 aliphatic carbocycles. The number of carbonyl (C=O) groups excluding carboxylic acids is 3. The number of ether oxygens (including phenoxy) is 1. The third kappa shape index (κ3) is 3.95. The van der Waals surface area contributed by atoms with Gasteiger partial charge in [0.05, 0.1) is 18.2 Å². The van der Waals surface area contributed by atoms with Gasteiger partial charge in [0, 0.05) is 29.6 Å². The summed E-state index contributed by atoms with van der Waals surface area (Å²) in [4.78, 5) is 42.2. The van der Waals surface area contributed by atoms with E-state index in [1.807, 2.05) is 23.6 Å². The number of nitrogens with zero attached hydrogens (tertiary/aromatic N) is 2. The quantitative estimate of drug-likeness (QED) is 0.444. The third-order valence-electron chi connectivity index (χ3n) is 5.72. The van der Waals surface area contributed by atoms with Crippen molar-refractivity contribution in [1.82, 2.24) is 9.80 Å². The molecule has 4 rings (SSSR count). The van der Waals surface area contributed by atoms with E-state index in [1.54, 1.807) is 41.0 Å². The number of Topliss-reactive ketones (excluding diaryl/α,β-unsaturated/α-hetero) is 1. The van der Waals surface area contributed by atoms with Crippen LogP contribution < -0.4 is 0 Å². The Morgan fingerprint density at radius 1 is 1.13 bits per heavy atom. The fraction of sp³-hybridized carbons (Fsp3) is 0.348.